The van der Waals surface area contributed by atoms with Crippen LogP contribution < -0.4 is 5.32 Å². The average Bonchev–Trinajstić information content (AvgIpc) is 2.78. The Balaban J connectivity index is 2.10. The Labute approximate surface area is 140 Å². The van der Waals surface area contributed by atoms with Gasteiger partial charge in [0.05, 0.1) is 13.7 Å². The minimum atomic E-state index is -0.462. The molecule has 0 fully saturated rings. The standard InChI is InChI=1S/C18H21FN2O3/c1-11-16(12(2)21(3)17(11)18(23)24-4)15(22)10-20-9-13-5-7-14(19)8-6-13/h5-8,20H,9-10H2,1-4H3. The van der Waals surface area contributed by atoms with E-state index in [1.807, 2.05) is 0 Å². The number of Topliss-reactive ketones (excluding diaryl/α,β-unsaturated/α-hetero) is 1. The van der Waals surface area contributed by atoms with Gasteiger partial charge in [0.2, 0.25) is 0 Å². The maximum Gasteiger partial charge on any atom is 0.354 e. The third kappa shape index (κ3) is 3.54. The highest BCUT2D eigenvalue weighted by atomic mass is 19.1. The molecule has 2 rings (SSSR count). The van der Waals surface area contributed by atoms with Crippen molar-refractivity contribution in [3.05, 3.63) is 58.2 Å². The number of methoxy groups -OCH3 is 1. The van der Waals surface area contributed by atoms with Crippen LogP contribution in [-0.4, -0.2) is 30.0 Å². The Morgan fingerprint density at radius 2 is 1.83 bits per heavy atom. The Kier molecular flexibility index (Phi) is 5.51. The van der Waals surface area contributed by atoms with Gasteiger partial charge in [-0.1, -0.05) is 12.1 Å². The smallest absolute Gasteiger partial charge is 0.354 e. The molecule has 1 heterocycles. The monoisotopic (exact) mass is 332 g/mol. The summed E-state index contributed by atoms with van der Waals surface area (Å²) in [5, 5.41) is 3.05. The van der Waals surface area contributed by atoms with E-state index in [4.69, 9.17) is 4.74 Å². The Hall–Kier alpha value is -2.47. The van der Waals surface area contributed by atoms with Crippen LogP contribution in [0.2, 0.25) is 0 Å². The first kappa shape index (κ1) is 17.9. The van der Waals surface area contributed by atoms with Crippen molar-refractivity contribution >= 4 is 11.8 Å². The predicted octanol–water partition coefficient (Wildman–Crippen LogP) is 2.54. The number of ketones is 1. The fourth-order valence-electron chi connectivity index (χ4n) is 2.79. The molecule has 0 spiro atoms. The highest BCUT2D eigenvalue weighted by molar-refractivity contribution is 6.03. The zero-order valence-corrected chi connectivity index (χ0v) is 14.3. The molecule has 0 bridgehead atoms. The third-order valence-electron chi connectivity index (χ3n) is 4.12. The quantitative estimate of drug-likeness (QED) is 0.652. The van der Waals surface area contributed by atoms with E-state index in [1.165, 1.54) is 19.2 Å². The van der Waals surface area contributed by atoms with Crippen LogP contribution in [-0.2, 0) is 18.3 Å². The molecule has 0 saturated carbocycles. The molecule has 0 saturated heterocycles. The number of halogens is 1. The van der Waals surface area contributed by atoms with Crippen LogP contribution in [0.3, 0.4) is 0 Å². The van der Waals surface area contributed by atoms with Gasteiger partial charge in [-0.2, -0.15) is 0 Å². The van der Waals surface area contributed by atoms with Crippen molar-refractivity contribution < 1.29 is 18.7 Å². The highest BCUT2D eigenvalue weighted by Crippen LogP contribution is 2.22. The van der Waals surface area contributed by atoms with Gasteiger partial charge in [0, 0.05) is 24.8 Å². The molecule has 24 heavy (non-hydrogen) atoms. The summed E-state index contributed by atoms with van der Waals surface area (Å²) in [7, 11) is 3.05. The minimum Gasteiger partial charge on any atom is -0.464 e. The van der Waals surface area contributed by atoms with Gasteiger partial charge in [-0.25, -0.2) is 9.18 Å². The molecule has 0 aliphatic carbocycles. The largest absolute Gasteiger partial charge is 0.464 e. The number of nitrogens with one attached hydrogen (secondary N) is 1. The molecular formula is C18H21FN2O3. The summed E-state index contributed by atoms with van der Waals surface area (Å²) in [6.07, 6.45) is 0. The Bertz CT molecular complexity index is 764. The maximum absolute atomic E-state index is 12.9. The van der Waals surface area contributed by atoms with Crippen molar-refractivity contribution in [2.24, 2.45) is 7.05 Å². The molecule has 1 aromatic carbocycles. The lowest BCUT2D eigenvalue weighted by molar-refractivity contribution is 0.0588. The third-order valence-corrected chi connectivity index (χ3v) is 4.12. The minimum absolute atomic E-state index is 0.0992. The van der Waals surface area contributed by atoms with Crippen LogP contribution in [0.15, 0.2) is 24.3 Å². The van der Waals surface area contributed by atoms with Gasteiger partial charge in [0.25, 0.3) is 0 Å². The number of aromatic nitrogens is 1. The molecule has 6 heteroatoms. The summed E-state index contributed by atoms with van der Waals surface area (Å²) < 4.78 is 19.3. The van der Waals surface area contributed by atoms with Crippen molar-refractivity contribution in [1.82, 2.24) is 9.88 Å². The summed E-state index contributed by atoms with van der Waals surface area (Å²) in [5.41, 5.74) is 3.15. The molecule has 0 unspecified atom stereocenters. The molecule has 1 aromatic heterocycles. The van der Waals surface area contributed by atoms with Crippen molar-refractivity contribution in [3.63, 3.8) is 0 Å². The lowest BCUT2D eigenvalue weighted by Gasteiger charge is -2.06. The molecule has 5 nitrogen and oxygen atoms in total. The number of carbonyl (C=O) groups excluding carboxylic acids is 2. The second-order valence-electron chi connectivity index (χ2n) is 5.64. The van der Waals surface area contributed by atoms with Gasteiger partial charge in [-0.15, -0.1) is 0 Å². The first-order valence-electron chi connectivity index (χ1n) is 7.59. The molecular weight excluding hydrogens is 311 g/mol. The number of rotatable bonds is 6. The number of hydrogen-bond acceptors (Lipinski definition) is 4. The van der Waals surface area contributed by atoms with Gasteiger partial charge in [-0.3, -0.25) is 4.79 Å². The number of nitrogens with zero attached hydrogens (tertiary/aromatic N) is 1. The lowest BCUT2D eigenvalue weighted by atomic mass is 10.1. The van der Waals surface area contributed by atoms with Crippen LogP contribution >= 0.6 is 0 Å². The molecule has 0 aliphatic rings. The molecule has 0 aliphatic heterocycles. The van der Waals surface area contributed by atoms with E-state index in [0.29, 0.717) is 23.4 Å². The Morgan fingerprint density at radius 1 is 1.21 bits per heavy atom. The zero-order valence-electron chi connectivity index (χ0n) is 14.3. The van der Waals surface area contributed by atoms with Crippen LogP contribution in [0.25, 0.3) is 0 Å². The van der Waals surface area contributed by atoms with E-state index in [-0.39, 0.29) is 18.1 Å². The second kappa shape index (κ2) is 7.40. The van der Waals surface area contributed by atoms with E-state index in [9.17, 15) is 14.0 Å². The van der Waals surface area contributed by atoms with E-state index in [0.717, 1.165) is 11.3 Å². The number of esters is 1. The number of ether oxygens (including phenoxy) is 1. The van der Waals surface area contributed by atoms with Gasteiger partial charge in [0.1, 0.15) is 11.5 Å². The Morgan fingerprint density at radius 3 is 2.42 bits per heavy atom. The average molecular weight is 332 g/mol. The van der Waals surface area contributed by atoms with Crippen LogP contribution in [0.4, 0.5) is 4.39 Å². The molecule has 0 radical (unpaired) electrons. The van der Waals surface area contributed by atoms with E-state index >= 15 is 0 Å². The van der Waals surface area contributed by atoms with Gasteiger partial charge < -0.3 is 14.6 Å². The van der Waals surface area contributed by atoms with E-state index in [1.54, 1.807) is 37.6 Å². The zero-order chi connectivity index (χ0) is 17.9. The molecule has 0 atom stereocenters. The van der Waals surface area contributed by atoms with E-state index in [2.05, 4.69) is 5.32 Å². The first-order valence-corrected chi connectivity index (χ1v) is 7.59. The van der Waals surface area contributed by atoms with Crippen LogP contribution in [0, 0.1) is 19.7 Å². The fraction of sp³-hybridized carbons (Fsp3) is 0.333. The molecule has 2 aromatic rings. The fourth-order valence-corrected chi connectivity index (χ4v) is 2.79. The molecule has 1 N–H and O–H groups in total. The van der Waals surface area contributed by atoms with Gasteiger partial charge in [0.15, 0.2) is 5.78 Å². The number of carbonyl (C=O) groups is 2. The first-order chi connectivity index (χ1) is 11.4. The van der Waals surface area contributed by atoms with Crippen LogP contribution in [0.5, 0.6) is 0 Å². The second-order valence-corrected chi connectivity index (χ2v) is 5.64. The topological polar surface area (TPSA) is 60.3 Å². The highest BCUT2D eigenvalue weighted by Gasteiger charge is 2.24. The van der Waals surface area contributed by atoms with Crippen molar-refractivity contribution in [2.45, 2.75) is 20.4 Å². The summed E-state index contributed by atoms with van der Waals surface area (Å²) in [6.45, 7) is 4.13. The van der Waals surface area contributed by atoms with E-state index < -0.39 is 5.97 Å². The van der Waals surface area contributed by atoms with Crippen molar-refractivity contribution in [2.75, 3.05) is 13.7 Å². The molecule has 128 valence electrons. The van der Waals surface area contributed by atoms with Crippen molar-refractivity contribution in [3.8, 4) is 0 Å². The maximum atomic E-state index is 12.9. The number of hydrogen-bond donors (Lipinski definition) is 1. The molecule has 0 amide bonds. The van der Waals surface area contributed by atoms with Crippen LogP contribution in [0.1, 0.15) is 37.7 Å². The number of benzene rings is 1. The predicted molar refractivity (Wildman–Crippen MR) is 88.7 cm³/mol. The summed E-state index contributed by atoms with van der Waals surface area (Å²) in [5.74, 6) is -0.852. The SMILES string of the molecule is COC(=O)c1c(C)c(C(=O)CNCc2ccc(F)cc2)c(C)n1C. The normalized spacial score (nSPS) is 10.7. The summed E-state index contributed by atoms with van der Waals surface area (Å²) in [4.78, 5) is 24.4. The summed E-state index contributed by atoms with van der Waals surface area (Å²) >= 11 is 0. The van der Waals surface area contributed by atoms with Crippen molar-refractivity contribution in [1.29, 1.82) is 0 Å². The summed E-state index contributed by atoms with van der Waals surface area (Å²) in [6, 6.07) is 6.10. The van der Waals surface area contributed by atoms with Gasteiger partial charge >= 0.3 is 5.97 Å². The lowest BCUT2D eigenvalue weighted by Crippen LogP contribution is -2.23. The van der Waals surface area contributed by atoms with Gasteiger partial charge in [-0.05, 0) is 37.1 Å².